The van der Waals surface area contributed by atoms with E-state index in [1.807, 2.05) is 6.92 Å². The van der Waals surface area contributed by atoms with E-state index < -0.39 is 17.3 Å². The number of aryl methyl sites for hydroxylation is 1. The summed E-state index contributed by atoms with van der Waals surface area (Å²) in [5.41, 5.74) is -0.585. The molecule has 2 aromatic rings. The SMILES string of the molecule is Cc1ccc(C(=O)CC(C)(O)c2ccc(C(F)(F)F)cc2)cc1. The second-order valence-corrected chi connectivity index (χ2v) is 5.81. The molecule has 23 heavy (non-hydrogen) atoms. The van der Waals surface area contributed by atoms with Crippen LogP contribution in [0.15, 0.2) is 48.5 Å². The van der Waals surface area contributed by atoms with Gasteiger partial charge in [0, 0.05) is 12.0 Å². The molecule has 122 valence electrons. The van der Waals surface area contributed by atoms with Crippen LogP contribution in [0.4, 0.5) is 13.2 Å². The maximum atomic E-state index is 12.6. The largest absolute Gasteiger partial charge is 0.416 e. The molecule has 0 amide bonds. The maximum absolute atomic E-state index is 12.6. The van der Waals surface area contributed by atoms with Crippen LogP contribution >= 0.6 is 0 Å². The molecule has 0 bridgehead atoms. The molecule has 1 N–H and O–H groups in total. The van der Waals surface area contributed by atoms with Crippen LogP contribution < -0.4 is 0 Å². The molecule has 2 aromatic carbocycles. The lowest BCUT2D eigenvalue weighted by atomic mass is 9.88. The summed E-state index contributed by atoms with van der Waals surface area (Å²) < 4.78 is 37.7. The van der Waals surface area contributed by atoms with E-state index in [2.05, 4.69) is 0 Å². The predicted octanol–water partition coefficient (Wildman–Crippen LogP) is 4.49. The van der Waals surface area contributed by atoms with Crippen molar-refractivity contribution >= 4 is 5.78 Å². The number of rotatable bonds is 4. The van der Waals surface area contributed by atoms with E-state index in [0.29, 0.717) is 5.56 Å². The maximum Gasteiger partial charge on any atom is 0.416 e. The average molecular weight is 322 g/mol. The molecule has 0 aromatic heterocycles. The van der Waals surface area contributed by atoms with Crippen LogP contribution in [0.1, 0.15) is 40.4 Å². The second kappa shape index (κ2) is 6.16. The molecule has 1 unspecified atom stereocenters. The third-order valence-corrected chi connectivity index (χ3v) is 3.71. The van der Waals surface area contributed by atoms with Gasteiger partial charge in [-0.05, 0) is 31.5 Å². The van der Waals surface area contributed by atoms with Gasteiger partial charge in [0.15, 0.2) is 5.78 Å². The fourth-order valence-electron chi connectivity index (χ4n) is 2.27. The van der Waals surface area contributed by atoms with Crippen molar-refractivity contribution in [3.05, 3.63) is 70.8 Å². The number of ketones is 1. The minimum Gasteiger partial charge on any atom is -0.385 e. The zero-order valence-electron chi connectivity index (χ0n) is 12.8. The fraction of sp³-hybridized carbons (Fsp3) is 0.278. The smallest absolute Gasteiger partial charge is 0.385 e. The minimum atomic E-state index is -4.43. The summed E-state index contributed by atoms with van der Waals surface area (Å²) >= 11 is 0. The number of alkyl halides is 3. The summed E-state index contributed by atoms with van der Waals surface area (Å²) in [5, 5.41) is 10.5. The number of aliphatic hydroxyl groups is 1. The summed E-state index contributed by atoms with van der Waals surface area (Å²) in [4.78, 5) is 12.2. The Morgan fingerprint density at radius 3 is 1.91 bits per heavy atom. The molecular formula is C18H17F3O2. The molecule has 0 aliphatic heterocycles. The molecule has 0 heterocycles. The molecule has 2 rings (SSSR count). The molecule has 0 radical (unpaired) electrons. The standard InChI is InChI=1S/C18H17F3O2/c1-12-3-5-13(6-4-12)16(22)11-17(2,23)14-7-9-15(10-8-14)18(19,20)21/h3-10,23H,11H2,1-2H3. The van der Waals surface area contributed by atoms with Crippen LogP contribution in [-0.4, -0.2) is 10.9 Å². The molecular weight excluding hydrogens is 305 g/mol. The third kappa shape index (κ3) is 4.20. The monoisotopic (exact) mass is 322 g/mol. The molecule has 0 saturated carbocycles. The van der Waals surface area contributed by atoms with Gasteiger partial charge in [-0.3, -0.25) is 4.79 Å². The zero-order valence-corrected chi connectivity index (χ0v) is 12.8. The van der Waals surface area contributed by atoms with Gasteiger partial charge in [0.05, 0.1) is 11.2 Å². The number of Topliss-reactive ketones (excluding diaryl/α,β-unsaturated/α-hetero) is 1. The normalized spacial score (nSPS) is 14.3. The van der Waals surface area contributed by atoms with E-state index in [0.717, 1.165) is 17.7 Å². The van der Waals surface area contributed by atoms with Gasteiger partial charge in [0.1, 0.15) is 0 Å². The van der Waals surface area contributed by atoms with Gasteiger partial charge in [-0.15, -0.1) is 0 Å². The Morgan fingerprint density at radius 1 is 0.957 bits per heavy atom. The number of carbonyl (C=O) groups is 1. The van der Waals surface area contributed by atoms with Crippen molar-refractivity contribution in [2.45, 2.75) is 32.0 Å². The Labute approximate surface area is 132 Å². The van der Waals surface area contributed by atoms with Gasteiger partial charge in [-0.1, -0.05) is 42.0 Å². The van der Waals surface area contributed by atoms with Crippen LogP contribution in [0, 0.1) is 6.92 Å². The molecule has 0 fully saturated rings. The first-order valence-corrected chi connectivity index (χ1v) is 7.09. The predicted molar refractivity (Wildman–Crippen MR) is 81.1 cm³/mol. The highest BCUT2D eigenvalue weighted by atomic mass is 19.4. The first-order chi connectivity index (χ1) is 10.6. The topological polar surface area (TPSA) is 37.3 Å². The molecule has 1 atom stereocenters. The van der Waals surface area contributed by atoms with Gasteiger partial charge >= 0.3 is 6.18 Å². The quantitative estimate of drug-likeness (QED) is 0.842. The van der Waals surface area contributed by atoms with Crippen molar-refractivity contribution in [2.24, 2.45) is 0 Å². The summed E-state index contributed by atoms with van der Waals surface area (Å²) in [6.07, 6.45) is -4.64. The van der Waals surface area contributed by atoms with Crippen molar-refractivity contribution in [3.63, 3.8) is 0 Å². The van der Waals surface area contributed by atoms with Crippen LogP contribution in [-0.2, 0) is 11.8 Å². The number of hydrogen-bond donors (Lipinski definition) is 1. The van der Waals surface area contributed by atoms with Crippen LogP contribution in [0.2, 0.25) is 0 Å². The Kier molecular flexibility index (Phi) is 4.61. The van der Waals surface area contributed by atoms with Crippen molar-refractivity contribution in [1.82, 2.24) is 0 Å². The lowest BCUT2D eigenvalue weighted by Gasteiger charge is -2.23. The van der Waals surface area contributed by atoms with E-state index in [1.165, 1.54) is 19.1 Å². The Bertz CT molecular complexity index is 684. The Hall–Kier alpha value is -2.14. The first-order valence-electron chi connectivity index (χ1n) is 7.09. The van der Waals surface area contributed by atoms with Gasteiger partial charge in [-0.2, -0.15) is 13.2 Å². The molecule has 0 saturated heterocycles. The van der Waals surface area contributed by atoms with Gasteiger partial charge in [0.25, 0.3) is 0 Å². The molecule has 0 aliphatic rings. The fourth-order valence-corrected chi connectivity index (χ4v) is 2.27. The first kappa shape index (κ1) is 17.2. The van der Waals surface area contributed by atoms with E-state index >= 15 is 0 Å². The summed E-state index contributed by atoms with van der Waals surface area (Å²) in [7, 11) is 0. The Morgan fingerprint density at radius 2 is 1.43 bits per heavy atom. The Balaban J connectivity index is 2.17. The van der Waals surface area contributed by atoms with Crippen molar-refractivity contribution in [1.29, 1.82) is 0 Å². The number of benzene rings is 2. The summed E-state index contributed by atoms with van der Waals surface area (Å²) in [6.45, 7) is 3.31. The van der Waals surface area contributed by atoms with Gasteiger partial charge in [0.2, 0.25) is 0 Å². The number of halogens is 3. The van der Waals surface area contributed by atoms with E-state index in [-0.39, 0.29) is 17.8 Å². The van der Waals surface area contributed by atoms with Gasteiger partial charge < -0.3 is 5.11 Å². The lowest BCUT2D eigenvalue weighted by molar-refractivity contribution is -0.137. The summed E-state index contributed by atoms with van der Waals surface area (Å²) in [5.74, 6) is -0.269. The second-order valence-electron chi connectivity index (χ2n) is 5.81. The van der Waals surface area contributed by atoms with Crippen LogP contribution in [0.5, 0.6) is 0 Å². The third-order valence-electron chi connectivity index (χ3n) is 3.71. The number of carbonyl (C=O) groups excluding carboxylic acids is 1. The zero-order chi connectivity index (χ0) is 17.3. The van der Waals surface area contributed by atoms with E-state index in [1.54, 1.807) is 24.3 Å². The van der Waals surface area contributed by atoms with E-state index in [9.17, 15) is 23.1 Å². The van der Waals surface area contributed by atoms with E-state index in [4.69, 9.17) is 0 Å². The van der Waals surface area contributed by atoms with Crippen molar-refractivity contribution in [3.8, 4) is 0 Å². The van der Waals surface area contributed by atoms with Crippen LogP contribution in [0.25, 0.3) is 0 Å². The highest BCUT2D eigenvalue weighted by Crippen LogP contribution is 2.32. The molecule has 0 spiro atoms. The highest BCUT2D eigenvalue weighted by molar-refractivity contribution is 5.96. The van der Waals surface area contributed by atoms with Gasteiger partial charge in [-0.25, -0.2) is 0 Å². The highest BCUT2D eigenvalue weighted by Gasteiger charge is 2.32. The molecule has 5 heteroatoms. The summed E-state index contributed by atoms with van der Waals surface area (Å²) in [6, 6.07) is 11.1. The molecule has 2 nitrogen and oxygen atoms in total. The van der Waals surface area contributed by atoms with Crippen molar-refractivity contribution < 1.29 is 23.1 Å². The number of hydrogen-bond acceptors (Lipinski definition) is 2. The molecule has 0 aliphatic carbocycles. The van der Waals surface area contributed by atoms with Crippen molar-refractivity contribution in [2.75, 3.05) is 0 Å². The van der Waals surface area contributed by atoms with Crippen LogP contribution in [0.3, 0.4) is 0 Å². The lowest BCUT2D eigenvalue weighted by Crippen LogP contribution is -2.25. The minimum absolute atomic E-state index is 0.207. The average Bonchev–Trinajstić information content (AvgIpc) is 2.46.